The van der Waals surface area contributed by atoms with Crippen LogP contribution in [0.25, 0.3) is 0 Å². The second kappa shape index (κ2) is 8.86. The molecule has 0 saturated carbocycles. The normalized spacial score (nSPS) is 25.5. The number of anilines is 1. The molecule has 8 nitrogen and oxygen atoms in total. The van der Waals surface area contributed by atoms with E-state index in [2.05, 4.69) is 22.5 Å². The zero-order valence-corrected chi connectivity index (χ0v) is 18.5. The Morgan fingerprint density at radius 3 is 2.55 bits per heavy atom. The highest BCUT2D eigenvalue weighted by atomic mass is 16.2. The van der Waals surface area contributed by atoms with Crippen molar-refractivity contribution in [3.05, 3.63) is 29.8 Å². The van der Waals surface area contributed by atoms with E-state index in [9.17, 15) is 14.4 Å². The Balaban J connectivity index is 1.41. The number of nitrogens with zero attached hydrogens (tertiary/aromatic N) is 3. The summed E-state index contributed by atoms with van der Waals surface area (Å²) in [6.07, 6.45) is 2.46. The summed E-state index contributed by atoms with van der Waals surface area (Å²) in [5, 5.41) is 6.55. The largest absolute Gasteiger partial charge is 0.362 e. The first-order valence-electron chi connectivity index (χ1n) is 11.4. The van der Waals surface area contributed by atoms with E-state index >= 15 is 0 Å². The fourth-order valence-electron chi connectivity index (χ4n) is 4.95. The number of fused-ring (bicyclic) bond motifs is 1. The second-order valence-corrected chi connectivity index (χ2v) is 8.89. The molecular formula is C23H33N5O3. The van der Waals surface area contributed by atoms with Crippen LogP contribution in [-0.4, -0.2) is 83.4 Å². The maximum atomic E-state index is 13.1. The molecule has 31 heavy (non-hydrogen) atoms. The lowest BCUT2D eigenvalue weighted by Gasteiger charge is -2.40. The van der Waals surface area contributed by atoms with Crippen molar-refractivity contribution >= 4 is 23.4 Å². The summed E-state index contributed by atoms with van der Waals surface area (Å²) < 4.78 is 0. The highest BCUT2D eigenvalue weighted by Gasteiger charge is 2.42. The summed E-state index contributed by atoms with van der Waals surface area (Å²) in [6.45, 7) is 8.69. The number of likely N-dealkylation sites (tertiary alicyclic amines) is 1. The standard InChI is InChI=1S/C23H33N5O3/c1-3-11-26-13-15-27(16-14-26)22(31)17(2)28-12-10-23(9-8-20(28)29)24-19-7-5-4-6-18(19)21(30)25-23/h4-7,17,24H,3,8-16H2,1-2H3,(H,25,30). The third-order valence-electron chi connectivity index (χ3n) is 6.81. The quantitative estimate of drug-likeness (QED) is 0.761. The van der Waals surface area contributed by atoms with Gasteiger partial charge >= 0.3 is 0 Å². The number of nitrogens with one attached hydrogen (secondary N) is 2. The number of rotatable bonds is 4. The van der Waals surface area contributed by atoms with Crippen molar-refractivity contribution in [1.82, 2.24) is 20.0 Å². The molecule has 3 heterocycles. The molecule has 2 atom stereocenters. The van der Waals surface area contributed by atoms with Gasteiger partial charge in [-0.3, -0.25) is 19.3 Å². The number of piperazine rings is 1. The number of benzene rings is 1. The van der Waals surface area contributed by atoms with E-state index in [0.717, 1.165) is 31.7 Å². The smallest absolute Gasteiger partial charge is 0.255 e. The van der Waals surface area contributed by atoms with Crippen LogP contribution in [0.1, 0.15) is 49.9 Å². The molecule has 3 amide bonds. The molecule has 8 heteroatoms. The molecular weight excluding hydrogens is 394 g/mol. The first-order chi connectivity index (χ1) is 14.9. The second-order valence-electron chi connectivity index (χ2n) is 8.89. The molecule has 0 radical (unpaired) electrons. The van der Waals surface area contributed by atoms with Crippen molar-refractivity contribution in [3.63, 3.8) is 0 Å². The number of hydrogen-bond donors (Lipinski definition) is 2. The van der Waals surface area contributed by atoms with Gasteiger partial charge in [-0.15, -0.1) is 0 Å². The first kappa shape index (κ1) is 21.6. The predicted octanol–water partition coefficient (Wildman–Crippen LogP) is 1.49. The molecule has 1 aromatic carbocycles. The molecule has 3 aliphatic heterocycles. The zero-order valence-electron chi connectivity index (χ0n) is 18.5. The molecule has 1 aromatic rings. The fraction of sp³-hybridized carbons (Fsp3) is 0.609. The summed E-state index contributed by atoms with van der Waals surface area (Å²) in [5.74, 6) is -0.131. The molecule has 0 aromatic heterocycles. The summed E-state index contributed by atoms with van der Waals surface area (Å²) in [6, 6.07) is 6.93. The summed E-state index contributed by atoms with van der Waals surface area (Å²) >= 11 is 0. The highest BCUT2D eigenvalue weighted by molar-refractivity contribution is 6.02. The maximum absolute atomic E-state index is 13.1. The molecule has 0 bridgehead atoms. The van der Waals surface area contributed by atoms with Crippen LogP contribution in [0, 0.1) is 0 Å². The zero-order chi connectivity index (χ0) is 22.0. The van der Waals surface area contributed by atoms with Crippen LogP contribution in [0.3, 0.4) is 0 Å². The average molecular weight is 428 g/mol. The van der Waals surface area contributed by atoms with Gasteiger partial charge in [-0.1, -0.05) is 19.1 Å². The minimum absolute atomic E-state index is 0.0198. The molecule has 1 spiro atoms. The Hall–Kier alpha value is -2.61. The van der Waals surface area contributed by atoms with E-state index in [1.54, 1.807) is 11.0 Å². The molecule has 168 valence electrons. The lowest BCUT2D eigenvalue weighted by molar-refractivity contribution is -0.145. The van der Waals surface area contributed by atoms with Crippen LogP contribution >= 0.6 is 0 Å². The average Bonchev–Trinajstić information content (AvgIpc) is 2.92. The number of carbonyl (C=O) groups is 3. The van der Waals surface area contributed by atoms with E-state index in [1.165, 1.54) is 0 Å². The minimum atomic E-state index is -0.662. The Labute approximate surface area is 183 Å². The lowest BCUT2D eigenvalue weighted by Crippen LogP contribution is -2.58. The minimum Gasteiger partial charge on any atom is -0.362 e. The molecule has 2 unspecified atom stereocenters. The third-order valence-corrected chi connectivity index (χ3v) is 6.81. The van der Waals surface area contributed by atoms with Crippen LogP contribution in [0.15, 0.2) is 24.3 Å². The van der Waals surface area contributed by atoms with Gasteiger partial charge in [0.2, 0.25) is 11.8 Å². The van der Waals surface area contributed by atoms with Crippen molar-refractivity contribution in [2.24, 2.45) is 0 Å². The molecule has 2 fully saturated rings. The van der Waals surface area contributed by atoms with Gasteiger partial charge in [0, 0.05) is 51.3 Å². The van der Waals surface area contributed by atoms with Crippen molar-refractivity contribution in [2.45, 2.75) is 51.2 Å². The van der Waals surface area contributed by atoms with Gasteiger partial charge in [0.1, 0.15) is 11.7 Å². The molecule has 3 aliphatic rings. The first-order valence-corrected chi connectivity index (χ1v) is 11.4. The number of hydrogen-bond acceptors (Lipinski definition) is 5. The van der Waals surface area contributed by atoms with Gasteiger partial charge < -0.3 is 20.4 Å². The van der Waals surface area contributed by atoms with Gasteiger partial charge in [-0.05, 0) is 38.4 Å². The SMILES string of the molecule is CCCN1CCN(C(=O)C(C)N2CCC3(CCC2=O)NC(=O)c2ccccc2N3)CC1. The summed E-state index contributed by atoms with van der Waals surface area (Å²) in [4.78, 5) is 44.7. The molecule has 4 rings (SSSR count). The van der Waals surface area contributed by atoms with Gasteiger partial charge in [0.15, 0.2) is 0 Å². The van der Waals surface area contributed by atoms with E-state index in [-0.39, 0.29) is 24.1 Å². The topological polar surface area (TPSA) is 85.0 Å². The van der Waals surface area contributed by atoms with Gasteiger partial charge in [0.05, 0.1) is 5.56 Å². The van der Waals surface area contributed by atoms with E-state index in [1.807, 2.05) is 30.0 Å². The van der Waals surface area contributed by atoms with Crippen LogP contribution in [0.4, 0.5) is 5.69 Å². The highest BCUT2D eigenvalue weighted by Crippen LogP contribution is 2.32. The summed E-state index contributed by atoms with van der Waals surface area (Å²) in [5.41, 5.74) is 0.747. The Kier molecular flexibility index (Phi) is 6.18. The monoisotopic (exact) mass is 427 g/mol. The maximum Gasteiger partial charge on any atom is 0.255 e. The fourth-order valence-corrected chi connectivity index (χ4v) is 4.95. The summed E-state index contributed by atoms with van der Waals surface area (Å²) in [7, 11) is 0. The molecule has 2 saturated heterocycles. The lowest BCUT2D eigenvalue weighted by atomic mass is 9.95. The van der Waals surface area contributed by atoms with Crippen LogP contribution in [-0.2, 0) is 9.59 Å². The predicted molar refractivity (Wildman–Crippen MR) is 119 cm³/mol. The van der Waals surface area contributed by atoms with Gasteiger partial charge in [0.25, 0.3) is 5.91 Å². The van der Waals surface area contributed by atoms with Crippen LogP contribution < -0.4 is 10.6 Å². The molecule has 2 N–H and O–H groups in total. The van der Waals surface area contributed by atoms with Crippen molar-refractivity contribution in [2.75, 3.05) is 44.6 Å². The van der Waals surface area contributed by atoms with E-state index in [4.69, 9.17) is 0 Å². The van der Waals surface area contributed by atoms with Crippen molar-refractivity contribution in [3.8, 4) is 0 Å². The van der Waals surface area contributed by atoms with Crippen molar-refractivity contribution in [1.29, 1.82) is 0 Å². The van der Waals surface area contributed by atoms with E-state index in [0.29, 0.717) is 38.0 Å². The Morgan fingerprint density at radius 1 is 1.06 bits per heavy atom. The van der Waals surface area contributed by atoms with Crippen molar-refractivity contribution < 1.29 is 14.4 Å². The van der Waals surface area contributed by atoms with Crippen LogP contribution in [0.2, 0.25) is 0 Å². The molecule has 0 aliphatic carbocycles. The number of amides is 3. The van der Waals surface area contributed by atoms with Gasteiger partial charge in [-0.25, -0.2) is 0 Å². The third kappa shape index (κ3) is 4.39. The number of carbonyl (C=O) groups excluding carboxylic acids is 3. The van der Waals surface area contributed by atoms with Gasteiger partial charge in [-0.2, -0.15) is 0 Å². The van der Waals surface area contributed by atoms with E-state index < -0.39 is 11.7 Å². The van der Waals surface area contributed by atoms with Crippen LogP contribution in [0.5, 0.6) is 0 Å². The number of para-hydroxylation sites is 1. The Bertz CT molecular complexity index is 851. The Morgan fingerprint density at radius 2 is 1.81 bits per heavy atom.